The Morgan fingerprint density at radius 1 is 1.12 bits per heavy atom. The fourth-order valence-electron chi connectivity index (χ4n) is 4.09. The van der Waals surface area contributed by atoms with Gasteiger partial charge in [-0.3, -0.25) is 14.2 Å². The molecule has 0 saturated carbocycles. The molecule has 0 fully saturated rings. The number of carbonyl (C=O) groups excluding carboxylic acids is 1. The molecule has 1 amide bonds. The fraction of sp³-hybridized carbons (Fsp3) is 0.240. The lowest BCUT2D eigenvalue weighted by Crippen LogP contribution is -2.23. The molecule has 0 spiro atoms. The van der Waals surface area contributed by atoms with E-state index in [4.69, 9.17) is 9.72 Å². The van der Waals surface area contributed by atoms with Crippen LogP contribution < -0.4 is 15.6 Å². The predicted octanol–water partition coefficient (Wildman–Crippen LogP) is 5.07. The number of fused-ring (bicyclic) bond motifs is 3. The Morgan fingerprint density at radius 3 is 2.64 bits per heavy atom. The van der Waals surface area contributed by atoms with Gasteiger partial charge in [0.1, 0.15) is 10.6 Å². The summed E-state index contributed by atoms with van der Waals surface area (Å²) in [6.07, 6.45) is 4.16. The highest BCUT2D eigenvalue weighted by Gasteiger charge is 2.23. The molecular weight excluding hydrogens is 454 g/mol. The number of para-hydroxylation sites is 1. The molecular formula is C25H23N3O3S2. The van der Waals surface area contributed by atoms with Crippen molar-refractivity contribution in [1.29, 1.82) is 0 Å². The zero-order valence-electron chi connectivity index (χ0n) is 18.2. The van der Waals surface area contributed by atoms with E-state index in [0.717, 1.165) is 47.2 Å². The summed E-state index contributed by atoms with van der Waals surface area (Å²) in [7, 11) is 1.61. The van der Waals surface area contributed by atoms with E-state index in [-0.39, 0.29) is 17.2 Å². The van der Waals surface area contributed by atoms with Gasteiger partial charge in [0.05, 0.1) is 23.9 Å². The number of nitrogens with zero attached hydrogens (tertiary/aromatic N) is 2. The van der Waals surface area contributed by atoms with Crippen LogP contribution in [-0.2, 0) is 17.6 Å². The largest absolute Gasteiger partial charge is 0.497 e. The van der Waals surface area contributed by atoms with Crippen LogP contribution in [0.4, 0.5) is 5.69 Å². The molecule has 0 saturated heterocycles. The summed E-state index contributed by atoms with van der Waals surface area (Å²) in [6, 6.07) is 16.7. The van der Waals surface area contributed by atoms with E-state index < -0.39 is 0 Å². The van der Waals surface area contributed by atoms with Crippen molar-refractivity contribution in [3.8, 4) is 11.4 Å². The van der Waals surface area contributed by atoms with Gasteiger partial charge in [0.25, 0.3) is 5.56 Å². The third-order valence-corrected chi connectivity index (χ3v) is 7.80. The van der Waals surface area contributed by atoms with Crippen molar-refractivity contribution >= 4 is 44.9 Å². The number of aryl methyl sites for hydroxylation is 2. The van der Waals surface area contributed by atoms with E-state index in [2.05, 4.69) is 5.32 Å². The zero-order valence-corrected chi connectivity index (χ0v) is 19.8. The molecule has 0 radical (unpaired) electrons. The maximum absolute atomic E-state index is 13.8. The van der Waals surface area contributed by atoms with Crippen LogP contribution in [0.25, 0.3) is 15.9 Å². The number of carbonyl (C=O) groups is 1. The van der Waals surface area contributed by atoms with Crippen molar-refractivity contribution in [3.63, 3.8) is 0 Å². The number of benzene rings is 2. The standard InChI is InChI=1S/C25H23N3O3S2/c1-31-18-13-11-17(12-14-18)28-24(30)22-19-9-5-6-10-20(19)33-23(22)27-25(28)32-15-21(29)26-16-7-3-2-4-8-16/h2-4,7-8,11-14H,5-6,9-10,15H2,1H3,(H,26,29). The van der Waals surface area contributed by atoms with Crippen LogP contribution in [0.5, 0.6) is 5.75 Å². The van der Waals surface area contributed by atoms with Crippen LogP contribution in [0.15, 0.2) is 64.5 Å². The molecule has 6 nitrogen and oxygen atoms in total. The Kier molecular flexibility index (Phi) is 6.20. The van der Waals surface area contributed by atoms with Gasteiger partial charge < -0.3 is 10.1 Å². The maximum atomic E-state index is 13.8. The van der Waals surface area contributed by atoms with Crippen LogP contribution in [-0.4, -0.2) is 28.3 Å². The number of aromatic nitrogens is 2. The molecule has 0 unspecified atom stereocenters. The van der Waals surface area contributed by atoms with Crippen molar-refractivity contribution in [1.82, 2.24) is 9.55 Å². The average molecular weight is 478 g/mol. The Bertz CT molecular complexity index is 1360. The quantitative estimate of drug-likeness (QED) is 0.310. The monoisotopic (exact) mass is 477 g/mol. The van der Waals surface area contributed by atoms with Gasteiger partial charge >= 0.3 is 0 Å². The number of anilines is 1. The first-order valence-corrected chi connectivity index (χ1v) is 12.6. The Hall–Kier alpha value is -3.10. The van der Waals surface area contributed by atoms with Crippen molar-refractivity contribution in [2.24, 2.45) is 0 Å². The lowest BCUT2D eigenvalue weighted by molar-refractivity contribution is -0.113. The molecule has 1 N–H and O–H groups in total. The summed E-state index contributed by atoms with van der Waals surface area (Å²) < 4.78 is 6.90. The Labute approximate surface area is 199 Å². The van der Waals surface area contributed by atoms with E-state index in [1.807, 2.05) is 54.6 Å². The van der Waals surface area contributed by atoms with E-state index in [1.165, 1.54) is 16.6 Å². The normalized spacial score (nSPS) is 13.0. The van der Waals surface area contributed by atoms with Gasteiger partial charge in [0, 0.05) is 10.6 Å². The minimum absolute atomic E-state index is 0.0736. The first kappa shape index (κ1) is 21.7. The van der Waals surface area contributed by atoms with E-state index in [9.17, 15) is 9.59 Å². The molecule has 2 heterocycles. The fourth-order valence-corrected chi connectivity index (χ4v) is 6.21. The summed E-state index contributed by atoms with van der Waals surface area (Å²) in [4.78, 5) is 33.2. The van der Waals surface area contributed by atoms with Crippen molar-refractivity contribution in [2.75, 3.05) is 18.2 Å². The number of hydrogen-bond acceptors (Lipinski definition) is 6. The topological polar surface area (TPSA) is 73.2 Å². The lowest BCUT2D eigenvalue weighted by atomic mass is 9.97. The van der Waals surface area contributed by atoms with E-state index >= 15 is 0 Å². The first-order valence-electron chi connectivity index (χ1n) is 10.8. The molecule has 2 aromatic heterocycles. The van der Waals surface area contributed by atoms with Crippen LogP contribution in [0, 0.1) is 0 Å². The number of rotatable bonds is 6. The molecule has 4 aromatic rings. The van der Waals surface area contributed by atoms with Crippen LogP contribution in [0.1, 0.15) is 23.3 Å². The van der Waals surface area contributed by atoms with Gasteiger partial charge in [-0.1, -0.05) is 30.0 Å². The number of amides is 1. The smallest absolute Gasteiger partial charge is 0.267 e. The molecule has 0 atom stereocenters. The summed E-state index contributed by atoms with van der Waals surface area (Å²) in [5.41, 5.74) is 2.52. The summed E-state index contributed by atoms with van der Waals surface area (Å²) in [6.45, 7) is 0. The molecule has 168 valence electrons. The number of nitrogens with one attached hydrogen (secondary N) is 1. The van der Waals surface area contributed by atoms with Gasteiger partial charge in [-0.25, -0.2) is 4.98 Å². The SMILES string of the molecule is COc1ccc(-n2c(SCC(=O)Nc3ccccc3)nc3sc4c(c3c2=O)CCCC4)cc1. The predicted molar refractivity (Wildman–Crippen MR) is 134 cm³/mol. The molecule has 2 aromatic carbocycles. The van der Waals surface area contributed by atoms with Crippen molar-refractivity contribution < 1.29 is 9.53 Å². The molecule has 33 heavy (non-hydrogen) atoms. The second-order valence-corrected chi connectivity index (χ2v) is 9.85. The number of hydrogen-bond donors (Lipinski definition) is 1. The van der Waals surface area contributed by atoms with Crippen molar-refractivity contribution in [2.45, 2.75) is 30.8 Å². The lowest BCUT2D eigenvalue weighted by Gasteiger charge is -2.14. The number of thiophene rings is 1. The van der Waals surface area contributed by atoms with Gasteiger partial charge in [-0.05, 0) is 67.6 Å². The number of ether oxygens (including phenoxy) is 1. The minimum Gasteiger partial charge on any atom is -0.497 e. The zero-order chi connectivity index (χ0) is 22.8. The second-order valence-electron chi connectivity index (χ2n) is 7.83. The molecule has 5 rings (SSSR count). The average Bonchev–Trinajstić information content (AvgIpc) is 3.22. The summed E-state index contributed by atoms with van der Waals surface area (Å²) in [5, 5.41) is 4.13. The molecule has 1 aliphatic carbocycles. The minimum atomic E-state index is -0.146. The highest BCUT2D eigenvalue weighted by Crippen LogP contribution is 2.35. The highest BCUT2D eigenvalue weighted by molar-refractivity contribution is 7.99. The van der Waals surface area contributed by atoms with Gasteiger partial charge in [0.15, 0.2) is 5.16 Å². The van der Waals surface area contributed by atoms with Gasteiger partial charge in [-0.15, -0.1) is 11.3 Å². The summed E-state index contributed by atoms with van der Waals surface area (Å²) >= 11 is 2.89. The van der Waals surface area contributed by atoms with Gasteiger partial charge in [0.2, 0.25) is 5.91 Å². The van der Waals surface area contributed by atoms with E-state index in [1.54, 1.807) is 23.0 Å². The number of thioether (sulfide) groups is 1. The number of methoxy groups -OCH3 is 1. The third kappa shape index (κ3) is 4.41. The second kappa shape index (κ2) is 9.41. The molecule has 0 bridgehead atoms. The summed E-state index contributed by atoms with van der Waals surface area (Å²) in [5.74, 6) is 0.714. The Morgan fingerprint density at radius 2 is 1.88 bits per heavy atom. The van der Waals surface area contributed by atoms with Crippen LogP contribution in [0.2, 0.25) is 0 Å². The molecule has 0 aliphatic heterocycles. The Balaban J connectivity index is 1.54. The third-order valence-electron chi connectivity index (χ3n) is 5.68. The maximum Gasteiger partial charge on any atom is 0.267 e. The molecule has 1 aliphatic rings. The van der Waals surface area contributed by atoms with Crippen LogP contribution >= 0.6 is 23.1 Å². The van der Waals surface area contributed by atoms with Crippen LogP contribution in [0.3, 0.4) is 0 Å². The molecule has 8 heteroatoms. The van der Waals surface area contributed by atoms with Gasteiger partial charge in [-0.2, -0.15) is 0 Å². The first-order chi connectivity index (χ1) is 16.1. The highest BCUT2D eigenvalue weighted by atomic mass is 32.2. The van der Waals surface area contributed by atoms with E-state index in [0.29, 0.717) is 16.6 Å². The van der Waals surface area contributed by atoms with Crippen molar-refractivity contribution in [3.05, 3.63) is 75.4 Å².